The van der Waals surface area contributed by atoms with Crippen LogP contribution in [0, 0.1) is 5.92 Å². The Morgan fingerprint density at radius 1 is 1.29 bits per heavy atom. The van der Waals surface area contributed by atoms with Crippen molar-refractivity contribution >= 4 is 11.6 Å². The Balaban J connectivity index is 2.11. The molecule has 0 bridgehead atoms. The van der Waals surface area contributed by atoms with Crippen molar-refractivity contribution in [3.05, 3.63) is 29.8 Å². The van der Waals surface area contributed by atoms with Gasteiger partial charge >= 0.3 is 0 Å². The first-order valence-corrected chi connectivity index (χ1v) is 4.74. The summed E-state index contributed by atoms with van der Waals surface area (Å²) in [6.07, 6.45) is 0. The molecule has 4 nitrogen and oxygen atoms in total. The topological polar surface area (TPSA) is 53.2 Å². The number of carbonyl (C=O) groups excluding carboxylic acids is 1. The van der Waals surface area contributed by atoms with Crippen LogP contribution in [0.3, 0.4) is 0 Å². The maximum atomic E-state index is 11.6. The van der Waals surface area contributed by atoms with E-state index in [2.05, 4.69) is 16.2 Å². The summed E-state index contributed by atoms with van der Waals surface area (Å²) in [5.41, 5.74) is 8.25. The summed E-state index contributed by atoms with van der Waals surface area (Å²) >= 11 is 0. The molecule has 3 N–H and O–H groups in total. The van der Waals surface area contributed by atoms with Gasteiger partial charge < -0.3 is 5.32 Å². The van der Waals surface area contributed by atoms with Crippen LogP contribution in [0.4, 0.5) is 5.69 Å². The van der Waals surface area contributed by atoms with Gasteiger partial charge in [-0.3, -0.25) is 10.2 Å². The lowest BCUT2D eigenvalue weighted by Crippen LogP contribution is -2.34. The SMILES string of the molecule is O=C1Nc2ccccc2C2NNCC12. The van der Waals surface area contributed by atoms with Gasteiger partial charge in [0.25, 0.3) is 0 Å². The van der Waals surface area contributed by atoms with Gasteiger partial charge in [-0.05, 0) is 11.6 Å². The second-order valence-corrected chi connectivity index (χ2v) is 3.69. The number of fused-ring (bicyclic) bond motifs is 3. The van der Waals surface area contributed by atoms with Gasteiger partial charge in [-0.1, -0.05) is 18.2 Å². The molecule has 2 heterocycles. The van der Waals surface area contributed by atoms with E-state index in [1.165, 1.54) is 5.56 Å². The number of hydrazine groups is 1. The molecule has 0 saturated carbocycles. The predicted molar refractivity (Wildman–Crippen MR) is 52.4 cm³/mol. The van der Waals surface area contributed by atoms with Crippen LogP contribution in [0.5, 0.6) is 0 Å². The zero-order valence-electron chi connectivity index (χ0n) is 7.58. The highest BCUT2D eigenvalue weighted by molar-refractivity contribution is 5.96. The molecule has 1 aromatic carbocycles. The smallest absolute Gasteiger partial charge is 0.230 e. The van der Waals surface area contributed by atoms with Crippen LogP contribution in [0.15, 0.2) is 24.3 Å². The average Bonchev–Trinajstić information content (AvgIpc) is 2.67. The largest absolute Gasteiger partial charge is 0.325 e. The van der Waals surface area contributed by atoms with E-state index in [0.717, 1.165) is 5.69 Å². The van der Waals surface area contributed by atoms with E-state index >= 15 is 0 Å². The van der Waals surface area contributed by atoms with Gasteiger partial charge in [0.2, 0.25) is 5.91 Å². The van der Waals surface area contributed by atoms with E-state index in [0.29, 0.717) is 6.54 Å². The second-order valence-electron chi connectivity index (χ2n) is 3.69. The molecular weight excluding hydrogens is 178 g/mol. The van der Waals surface area contributed by atoms with Crippen LogP contribution >= 0.6 is 0 Å². The van der Waals surface area contributed by atoms with Crippen molar-refractivity contribution in [3.63, 3.8) is 0 Å². The van der Waals surface area contributed by atoms with E-state index in [1.807, 2.05) is 24.3 Å². The lowest BCUT2D eigenvalue weighted by atomic mass is 9.89. The second kappa shape index (κ2) is 2.80. The van der Waals surface area contributed by atoms with Crippen molar-refractivity contribution in [1.82, 2.24) is 10.9 Å². The van der Waals surface area contributed by atoms with Crippen molar-refractivity contribution < 1.29 is 4.79 Å². The summed E-state index contributed by atoms with van der Waals surface area (Å²) in [6.45, 7) is 0.699. The van der Waals surface area contributed by atoms with Crippen molar-refractivity contribution in [2.24, 2.45) is 5.92 Å². The van der Waals surface area contributed by atoms with Crippen LogP contribution < -0.4 is 16.2 Å². The molecule has 3 rings (SSSR count). The first-order valence-electron chi connectivity index (χ1n) is 4.74. The van der Waals surface area contributed by atoms with Crippen molar-refractivity contribution in [2.75, 3.05) is 11.9 Å². The molecule has 4 heteroatoms. The lowest BCUT2D eigenvalue weighted by Gasteiger charge is -2.26. The third-order valence-electron chi connectivity index (χ3n) is 2.87. The molecule has 72 valence electrons. The van der Waals surface area contributed by atoms with Crippen LogP contribution in [-0.2, 0) is 4.79 Å². The first-order chi connectivity index (χ1) is 6.86. The highest BCUT2D eigenvalue weighted by Gasteiger charge is 2.38. The number of hydrogen-bond acceptors (Lipinski definition) is 3. The van der Waals surface area contributed by atoms with Gasteiger partial charge in [-0.15, -0.1) is 0 Å². The van der Waals surface area contributed by atoms with Crippen molar-refractivity contribution in [2.45, 2.75) is 6.04 Å². The minimum Gasteiger partial charge on any atom is -0.325 e. The summed E-state index contributed by atoms with van der Waals surface area (Å²) in [5.74, 6) is 0.121. The number of carbonyl (C=O) groups is 1. The van der Waals surface area contributed by atoms with E-state index in [9.17, 15) is 4.79 Å². The third-order valence-corrected chi connectivity index (χ3v) is 2.87. The quantitative estimate of drug-likeness (QED) is 0.554. The fraction of sp³-hybridized carbons (Fsp3) is 0.300. The van der Waals surface area contributed by atoms with Gasteiger partial charge in [0.1, 0.15) is 0 Å². The Bertz CT molecular complexity index is 391. The van der Waals surface area contributed by atoms with Gasteiger partial charge in [0, 0.05) is 12.2 Å². The molecule has 2 atom stereocenters. The molecule has 2 aliphatic heterocycles. The molecule has 0 aliphatic carbocycles. The van der Waals surface area contributed by atoms with Crippen molar-refractivity contribution in [3.8, 4) is 0 Å². The molecular formula is C10H11N3O. The Morgan fingerprint density at radius 3 is 3.07 bits per heavy atom. The Morgan fingerprint density at radius 2 is 2.14 bits per heavy atom. The number of nitrogens with one attached hydrogen (secondary N) is 3. The van der Waals surface area contributed by atoms with Crippen LogP contribution in [0.1, 0.15) is 11.6 Å². The van der Waals surface area contributed by atoms with Gasteiger partial charge in [-0.25, -0.2) is 5.43 Å². The normalized spacial score (nSPS) is 29.3. The minimum absolute atomic E-state index is 0.0184. The molecule has 1 amide bonds. The fourth-order valence-electron chi connectivity index (χ4n) is 2.14. The van der Waals surface area contributed by atoms with E-state index in [1.54, 1.807) is 0 Å². The number of amides is 1. The van der Waals surface area contributed by atoms with Gasteiger partial charge in [-0.2, -0.15) is 0 Å². The number of rotatable bonds is 0. The van der Waals surface area contributed by atoms with E-state index < -0.39 is 0 Å². The Kier molecular flexibility index (Phi) is 1.59. The standard InChI is InChI=1S/C10H11N3O/c14-10-7-5-11-13-9(7)6-3-1-2-4-8(6)12-10/h1-4,7,9,11,13H,5H2,(H,12,14). The molecule has 2 unspecified atom stereocenters. The third kappa shape index (κ3) is 0.981. The number of anilines is 1. The summed E-state index contributed by atoms with van der Waals surface area (Å²) in [4.78, 5) is 11.6. The summed E-state index contributed by atoms with van der Waals surface area (Å²) < 4.78 is 0. The Hall–Kier alpha value is -1.39. The highest BCUT2D eigenvalue weighted by atomic mass is 16.2. The molecule has 0 aromatic heterocycles. The molecule has 1 saturated heterocycles. The van der Waals surface area contributed by atoms with E-state index in [4.69, 9.17) is 0 Å². The predicted octanol–water partition coefficient (Wildman–Crippen LogP) is 0.404. The number of benzene rings is 1. The first kappa shape index (κ1) is 7.96. The van der Waals surface area contributed by atoms with Crippen molar-refractivity contribution in [1.29, 1.82) is 0 Å². The number of para-hydroxylation sites is 1. The minimum atomic E-state index is 0.0184. The lowest BCUT2D eigenvalue weighted by molar-refractivity contribution is -0.120. The van der Waals surface area contributed by atoms with Gasteiger partial charge in [0.15, 0.2) is 0 Å². The highest BCUT2D eigenvalue weighted by Crippen LogP contribution is 2.35. The monoisotopic (exact) mass is 189 g/mol. The molecule has 1 aromatic rings. The molecule has 0 radical (unpaired) electrons. The average molecular weight is 189 g/mol. The molecule has 14 heavy (non-hydrogen) atoms. The summed E-state index contributed by atoms with van der Waals surface area (Å²) in [7, 11) is 0. The number of hydrogen-bond donors (Lipinski definition) is 3. The molecule has 0 spiro atoms. The zero-order valence-corrected chi connectivity index (χ0v) is 7.58. The summed E-state index contributed by atoms with van der Waals surface area (Å²) in [6, 6.07) is 8.03. The zero-order chi connectivity index (χ0) is 9.54. The van der Waals surface area contributed by atoms with Crippen LogP contribution in [-0.4, -0.2) is 12.5 Å². The fourth-order valence-corrected chi connectivity index (χ4v) is 2.14. The summed E-state index contributed by atoms with van der Waals surface area (Å²) in [5, 5.41) is 2.91. The molecule has 2 aliphatic rings. The van der Waals surface area contributed by atoms with E-state index in [-0.39, 0.29) is 17.9 Å². The van der Waals surface area contributed by atoms with Crippen LogP contribution in [0.25, 0.3) is 0 Å². The molecule has 1 fully saturated rings. The maximum absolute atomic E-state index is 11.6. The van der Waals surface area contributed by atoms with Crippen LogP contribution in [0.2, 0.25) is 0 Å². The maximum Gasteiger partial charge on any atom is 0.230 e. The Labute approximate surface area is 81.7 Å². The van der Waals surface area contributed by atoms with Gasteiger partial charge in [0.05, 0.1) is 12.0 Å².